The lowest BCUT2D eigenvalue weighted by atomic mass is 10.2. The molecule has 1 aliphatic heterocycles. The Labute approximate surface area is 207 Å². The maximum atomic E-state index is 5.79. The SMILES string of the molecule is Nc1nc2ccc(/C=C/c3cnc(Nc4ccc(SCCN5CCOCC5)cc4)nc3)cc2s1. The topological polar surface area (TPSA) is 89.2 Å². The Kier molecular flexibility index (Phi) is 7.35. The third-order valence-corrected chi connectivity index (χ3v) is 7.30. The molecular weight excluding hydrogens is 464 g/mol. The van der Waals surface area contributed by atoms with Gasteiger partial charge in [0.1, 0.15) is 0 Å². The minimum atomic E-state index is 0.575. The highest BCUT2D eigenvalue weighted by Crippen LogP contribution is 2.25. The molecule has 174 valence electrons. The number of nitrogen functional groups attached to an aromatic ring is 1. The standard InChI is InChI=1S/C25H26N6OS2/c26-24-30-22-8-3-18(15-23(22)34-24)1-2-19-16-27-25(28-17-19)29-20-4-6-21(7-5-20)33-14-11-31-9-12-32-13-10-31/h1-8,15-17H,9-14H2,(H2,26,30)(H,27,28,29)/b2-1+. The van der Waals surface area contributed by atoms with E-state index in [2.05, 4.69) is 55.5 Å². The number of hydrogen-bond acceptors (Lipinski definition) is 9. The molecule has 0 amide bonds. The number of fused-ring (bicyclic) bond motifs is 1. The fourth-order valence-electron chi connectivity index (χ4n) is 3.62. The molecule has 34 heavy (non-hydrogen) atoms. The van der Waals surface area contributed by atoms with Crippen LogP contribution in [-0.4, -0.2) is 58.5 Å². The number of nitrogens with two attached hydrogens (primary N) is 1. The van der Waals surface area contributed by atoms with Crippen molar-refractivity contribution >= 4 is 62.2 Å². The molecule has 4 aromatic rings. The molecule has 3 heterocycles. The van der Waals surface area contributed by atoms with Gasteiger partial charge in [0.05, 0.1) is 23.4 Å². The van der Waals surface area contributed by atoms with Gasteiger partial charge in [0.2, 0.25) is 5.95 Å². The van der Waals surface area contributed by atoms with Gasteiger partial charge in [-0.2, -0.15) is 0 Å². The van der Waals surface area contributed by atoms with Gasteiger partial charge >= 0.3 is 0 Å². The van der Waals surface area contributed by atoms with Crippen LogP contribution in [0.1, 0.15) is 11.1 Å². The third-order valence-electron chi connectivity index (χ3n) is 5.46. The maximum absolute atomic E-state index is 5.79. The largest absolute Gasteiger partial charge is 0.379 e. The number of aromatic nitrogens is 3. The van der Waals surface area contributed by atoms with Gasteiger partial charge in [0.15, 0.2) is 5.13 Å². The summed E-state index contributed by atoms with van der Waals surface area (Å²) in [6.07, 6.45) is 7.66. The molecular formula is C25H26N6OS2. The summed E-state index contributed by atoms with van der Waals surface area (Å²) in [4.78, 5) is 16.9. The molecule has 5 rings (SSSR count). The lowest BCUT2D eigenvalue weighted by Crippen LogP contribution is -2.37. The number of benzene rings is 2. The van der Waals surface area contributed by atoms with Crippen LogP contribution in [0.25, 0.3) is 22.4 Å². The molecule has 0 saturated carbocycles. The first-order chi connectivity index (χ1) is 16.7. The molecule has 0 atom stereocenters. The minimum Gasteiger partial charge on any atom is -0.379 e. The summed E-state index contributed by atoms with van der Waals surface area (Å²) in [5.41, 5.74) is 9.70. The van der Waals surface area contributed by atoms with Crippen LogP contribution in [0.3, 0.4) is 0 Å². The fraction of sp³-hybridized carbons (Fsp3) is 0.240. The highest BCUT2D eigenvalue weighted by molar-refractivity contribution is 7.99. The summed E-state index contributed by atoms with van der Waals surface area (Å²) in [7, 11) is 0. The van der Waals surface area contributed by atoms with Gasteiger partial charge in [-0.3, -0.25) is 4.90 Å². The van der Waals surface area contributed by atoms with E-state index in [1.165, 1.54) is 16.2 Å². The van der Waals surface area contributed by atoms with E-state index >= 15 is 0 Å². The monoisotopic (exact) mass is 490 g/mol. The van der Waals surface area contributed by atoms with Crippen molar-refractivity contribution in [2.45, 2.75) is 4.90 Å². The van der Waals surface area contributed by atoms with Gasteiger partial charge in [-0.25, -0.2) is 15.0 Å². The van der Waals surface area contributed by atoms with Crippen molar-refractivity contribution in [1.29, 1.82) is 0 Å². The normalized spacial score (nSPS) is 14.7. The first kappa shape index (κ1) is 22.8. The quantitative estimate of drug-likeness (QED) is 0.333. The molecule has 0 aliphatic carbocycles. The van der Waals surface area contributed by atoms with E-state index < -0.39 is 0 Å². The van der Waals surface area contributed by atoms with Crippen molar-refractivity contribution in [2.75, 3.05) is 49.7 Å². The Hall–Kier alpha value is -2.98. The van der Waals surface area contributed by atoms with Gasteiger partial charge in [-0.1, -0.05) is 29.6 Å². The number of nitrogens with zero attached hydrogens (tertiary/aromatic N) is 4. The van der Waals surface area contributed by atoms with Gasteiger partial charge in [-0.05, 0) is 42.0 Å². The lowest BCUT2D eigenvalue weighted by molar-refractivity contribution is 0.0410. The van der Waals surface area contributed by atoms with Crippen molar-refractivity contribution in [3.05, 3.63) is 66.0 Å². The van der Waals surface area contributed by atoms with Crippen molar-refractivity contribution in [3.8, 4) is 0 Å². The van der Waals surface area contributed by atoms with E-state index in [9.17, 15) is 0 Å². The number of rotatable bonds is 8. The minimum absolute atomic E-state index is 0.575. The number of nitrogens with one attached hydrogen (secondary N) is 1. The number of anilines is 3. The van der Waals surface area contributed by atoms with Crippen LogP contribution in [0, 0.1) is 0 Å². The third kappa shape index (κ3) is 6.12. The zero-order valence-corrected chi connectivity index (χ0v) is 20.3. The van der Waals surface area contributed by atoms with Gasteiger partial charge in [0.25, 0.3) is 0 Å². The Bertz CT molecular complexity index is 1250. The highest BCUT2D eigenvalue weighted by Gasteiger charge is 2.09. The molecule has 0 unspecified atom stereocenters. The molecule has 0 spiro atoms. The lowest BCUT2D eigenvalue weighted by Gasteiger charge is -2.26. The Balaban J connectivity index is 1.12. The summed E-state index contributed by atoms with van der Waals surface area (Å²) in [6, 6.07) is 14.5. The van der Waals surface area contributed by atoms with Crippen molar-refractivity contribution in [3.63, 3.8) is 0 Å². The van der Waals surface area contributed by atoms with E-state index in [1.807, 2.05) is 48.4 Å². The summed E-state index contributed by atoms with van der Waals surface area (Å²) < 4.78 is 6.48. The number of thiazole rings is 1. The predicted octanol–water partition coefficient (Wildman–Crippen LogP) is 5.01. The smallest absolute Gasteiger partial charge is 0.227 e. The second-order valence-corrected chi connectivity index (χ2v) is 10.1. The van der Waals surface area contributed by atoms with E-state index in [0.717, 1.165) is 65.6 Å². The Morgan fingerprint density at radius 2 is 1.79 bits per heavy atom. The second kappa shape index (κ2) is 11.0. The molecule has 2 aromatic heterocycles. The van der Waals surface area contributed by atoms with Crippen molar-refractivity contribution in [1.82, 2.24) is 19.9 Å². The molecule has 0 radical (unpaired) electrons. The van der Waals surface area contributed by atoms with Crippen LogP contribution in [0.2, 0.25) is 0 Å². The van der Waals surface area contributed by atoms with Gasteiger partial charge < -0.3 is 15.8 Å². The van der Waals surface area contributed by atoms with Gasteiger partial charge in [-0.15, -0.1) is 11.8 Å². The van der Waals surface area contributed by atoms with Crippen LogP contribution >= 0.6 is 23.1 Å². The Morgan fingerprint density at radius 3 is 2.59 bits per heavy atom. The predicted molar refractivity (Wildman–Crippen MR) is 143 cm³/mol. The van der Waals surface area contributed by atoms with Crippen molar-refractivity contribution in [2.24, 2.45) is 0 Å². The van der Waals surface area contributed by atoms with Crippen molar-refractivity contribution < 1.29 is 4.74 Å². The fourth-order valence-corrected chi connectivity index (χ4v) is 5.32. The molecule has 0 bridgehead atoms. The highest BCUT2D eigenvalue weighted by atomic mass is 32.2. The summed E-state index contributed by atoms with van der Waals surface area (Å²) >= 11 is 3.37. The van der Waals surface area contributed by atoms with E-state index in [4.69, 9.17) is 10.5 Å². The first-order valence-electron chi connectivity index (χ1n) is 11.2. The number of hydrogen-bond donors (Lipinski definition) is 2. The summed E-state index contributed by atoms with van der Waals surface area (Å²) in [5.74, 6) is 1.66. The molecule has 9 heteroatoms. The van der Waals surface area contributed by atoms with E-state index in [0.29, 0.717) is 11.1 Å². The molecule has 3 N–H and O–H groups in total. The van der Waals surface area contributed by atoms with E-state index in [1.54, 1.807) is 0 Å². The van der Waals surface area contributed by atoms with Gasteiger partial charge in [0, 0.05) is 53.9 Å². The van der Waals surface area contributed by atoms with E-state index in [-0.39, 0.29) is 0 Å². The van der Waals surface area contributed by atoms with Crippen LogP contribution in [0.5, 0.6) is 0 Å². The number of ether oxygens (including phenoxy) is 1. The Morgan fingerprint density at radius 1 is 1.03 bits per heavy atom. The molecule has 1 saturated heterocycles. The molecule has 1 fully saturated rings. The zero-order valence-electron chi connectivity index (χ0n) is 18.7. The van der Waals surface area contributed by atoms with Crippen LogP contribution in [0.4, 0.5) is 16.8 Å². The first-order valence-corrected chi connectivity index (χ1v) is 13.0. The molecule has 1 aliphatic rings. The average Bonchev–Trinajstić information content (AvgIpc) is 3.25. The molecule has 7 nitrogen and oxygen atoms in total. The zero-order chi connectivity index (χ0) is 23.2. The summed E-state index contributed by atoms with van der Waals surface area (Å²) in [5, 5.41) is 3.86. The number of morpholine rings is 1. The second-order valence-electron chi connectivity index (χ2n) is 7.90. The van der Waals surface area contributed by atoms with Crippen LogP contribution in [-0.2, 0) is 4.74 Å². The maximum Gasteiger partial charge on any atom is 0.227 e. The summed E-state index contributed by atoms with van der Waals surface area (Å²) in [6.45, 7) is 4.87. The van der Waals surface area contributed by atoms with Crippen LogP contribution < -0.4 is 11.1 Å². The van der Waals surface area contributed by atoms with Crippen LogP contribution in [0.15, 0.2) is 59.8 Å². The average molecular weight is 491 g/mol. The number of thioether (sulfide) groups is 1. The molecule has 2 aromatic carbocycles.